The molecule has 0 heterocycles. The molecule has 0 aliphatic heterocycles. The zero-order valence-corrected chi connectivity index (χ0v) is 10.1. The fourth-order valence-corrected chi connectivity index (χ4v) is 1.60. The molecule has 5 nitrogen and oxygen atoms in total. The molecule has 1 atom stereocenters. The van der Waals surface area contributed by atoms with E-state index in [0.717, 1.165) is 25.1 Å². The van der Waals surface area contributed by atoms with Crippen molar-refractivity contribution in [2.24, 2.45) is 0 Å². The van der Waals surface area contributed by atoms with E-state index in [0.29, 0.717) is 5.56 Å². The van der Waals surface area contributed by atoms with Gasteiger partial charge in [0.25, 0.3) is 5.69 Å². The summed E-state index contributed by atoms with van der Waals surface area (Å²) >= 11 is 0. The van der Waals surface area contributed by atoms with Crippen LogP contribution >= 0.6 is 0 Å². The van der Waals surface area contributed by atoms with E-state index in [4.69, 9.17) is 5.11 Å². The summed E-state index contributed by atoms with van der Waals surface area (Å²) in [5.74, 6) is 0. The molecule has 0 aliphatic carbocycles. The molecule has 94 valence electrons. The second kappa shape index (κ2) is 6.20. The second-order valence-electron chi connectivity index (χ2n) is 4.18. The normalized spacial score (nSPS) is 12.2. The monoisotopic (exact) mass is 238 g/mol. The highest BCUT2D eigenvalue weighted by Crippen LogP contribution is 2.21. The second-order valence-corrected chi connectivity index (χ2v) is 4.18. The average molecular weight is 238 g/mol. The first-order chi connectivity index (χ1) is 8.00. The molecular weight excluding hydrogens is 220 g/mol. The van der Waals surface area contributed by atoms with Crippen LogP contribution in [0.2, 0.25) is 0 Å². The van der Waals surface area contributed by atoms with Crippen LogP contribution in [0, 0.1) is 17.0 Å². The number of aliphatic hydroxyl groups excluding tert-OH is 1. The molecule has 1 aromatic rings. The molecule has 0 saturated heterocycles. The first-order valence-electron chi connectivity index (χ1n) is 5.67. The van der Waals surface area contributed by atoms with Crippen LogP contribution in [0.25, 0.3) is 0 Å². The van der Waals surface area contributed by atoms with Gasteiger partial charge in [0.15, 0.2) is 0 Å². The standard InChI is InChI=1S/C12H18N2O3/c1-9-8-11(5-6-12(9)14(16)17)13-7-3-4-10(2)15/h5-6,8,10,13,15H,3-4,7H2,1-2H3. The largest absolute Gasteiger partial charge is 0.393 e. The molecule has 0 radical (unpaired) electrons. The van der Waals surface area contributed by atoms with Crippen molar-refractivity contribution in [3.8, 4) is 0 Å². The van der Waals surface area contributed by atoms with Crippen molar-refractivity contribution in [1.29, 1.82) is 0 Å². The summed E-state index contributed by atoms with van der Waals surface area (Å²) < 4.78 is 0. The quantitative estimate of drug-likeness (QED) is 0.453. The SMILES string of the molecule is Cc1cc(NCCCC(C)O)ccc1[N+](=O)[O-]. The highest BCUT2D eigenvalue weighted by atomic mass is 16.6. The fourth-order valence-electron chi connectivity index (χ4n) is 1.60. The van der Waals surface area contributed by atoms with Gasteiger partial charge in [0.2, 0.25) is 0 Å². The maximum atomic E-state index is 10.6. The van der Waals surface area contributed by atoms with E-state index in [-0.39, 0.29) is 16.7 Å². The highest BCUT2D eigenvalue weighted by molar-refractivity contribution is 5.53. The number of hydrogen-bond acceptors (Lipinski definition) is 4. The molecular formula is C12H18N2O3. The topological polar surface area (TPSA) is 75.4 Å². The Morgan fingerprint density at radius 2 is 2.24 bits per heavy atom. The first-order valence-corrected chi connectivity index (χ1v) is 5.67. The summed E-state index contributed by atoms with van der Waals surface area (Å²) in [6.07, 6.45) is 1.34. The zero-order valence-electron chi connectivity index (χ0n) is 10.1. The predicted octanol–water partition coefficient (Wildman–Crippen LogP) is 2.48. The molecule has 1 rings (SSSR count). The molecule has 2 N–H and O–H groups in total. The average Bonchev–Trinajstić information content (AvgIpc) is 2.23. The molecule has 5 heteroatoms. The van der Waals surface area contributed by atoms with E-state index in [1.165, 1.54) is 6.07 Å². The molecule has 0 aromatic heterocycles. The molecule has 1 unspecified atom stereocenters. The van der Waals surface area contributed by atoms with Crippen LogP contribution in [-0.2, 0) is 0 Å². The lowest BCUT2D eigenvalue weighted by Crippen LogP contribution is -2.06. The van der Waals surface area contributed by atoms with Crippen molar-refractivity contribution >= 4 is 11.4 Å². The zero-order chi connectivity index (χ0) is 12.8. The Hall–Kier alpha value is -1.62. The number of nitrogens with zero attached hydrogens (tertiary/aromatic N) is 1. The minimum atomic E-state index is -0.382. The number of anilines is 1. The van der Waals surface area contributed by atoms with Crippen LogP contribution in [0.3, 0.4) is 0 Å². The van der Waals surface area contributed by atoms with Gasteiger partial charge in [-0.2, -0.15) is 0 Å². The fraction of sp³-hybridized carbons (Fsp3) is 0.500. The van der Waals surface area contributed by atoms with Crippen molar-refractivity contribution in [1.82, 2.24) is 0 Å². The van der Waals surface area contributed by atoms with Gasteiger partial charge in [-0.3, -0.25) is 10.1 Å². The lowest BCUT2D eigenvalue weighted by molar-refractivity contribution is -0.385. The summed E-state index contributed by atoms with van der Waals surface area (Å²) in [7, 11) is 0. The summed E-state index contributed by atoms with van der Waals surface area (Å²) in [5, 5.41) is 22.9. The third-order valence-corrected chi connectivity index (χ3v) is 2.52. The Bertz CT molecular complexity index is 391. The third-order valence-electron chi connectivity index (χ3n) is 2.52. The Morgan fingerprint density at radius 1 is 1.53 bits per heavy atom. The van der Waals surface area contributed by atoms with Gasteiger partial charge in [0.1, 0.15) is 0 Å². The predicted molar refractivity (Wildman–Crippen MR) is 67.2 cm³/mol. The molecule has 0 spiro atoms. The van der Waals surface area contributed by atoms with Crippen LogP contribution in [0.1, 0.15) is 25.3 Å². The van der Waals surface area contributed by atoms with Crippen LogP contribution < -0.4 is 5.32 Å². The number of aliphatic hydroxyl groups is 1. The molecule has 1 aromatic carbocycles. The number of hydrogen-bond donors (Lipinski definition) is 2. The lowest BCUT2D eigenvalue weighted by atomic mass is 10.1. The minimum Gasteiger partial charge on any atom is -0.393 e. The third kappa shape index (κ3) is 4.40. The molecule has 0 bridgehead atoms. The highest BCUT2D eigenvalue weighted by Gasteiger charge is 2.09. The van der Waals surface area contributed by atoms with Gasteiger partial charge >= 0.3 is 0 Å². The van der Waals surface area contributed by atoms with Crippen molar-refractivity contribution < 1.29 is 10.0 Å². The maximum Gasteiger partial charge on any atom is 0.272 e. The molecule has 0 aliphatic rings. The number of nitro groups is 1. The Morgan fingerprint density at radius 3 is 2.76 bits per heavy atom. The van der Waals surface area contributed by atoms with Crippen molar-refractivity contribution in [3.05, 3.63) is 33.9 Å². The van der Waals surface area contributed by atoms with Gasteiger partial charge in [-0.15, -0.1) is 0 Å². The Kier molecular flexibility index (Phi) is 4.90. The van der Waals surface area contributed by atoms with Crippen molar-refractivity contribution in [2.75, 3.05) is 11.9 Å². The number of nitro benzene ring substituents is 1. The van der Waals surface area contributed by atoms with Gasteiger partial charge in [-0.1, -0.05) is 0 Å². The lowest BCUT2D eigenvalue weighted by Gasteiger charge is -2.08. The molecule has 0 fully saturated rings. The summed E-state index contributed by atoms with van der Waals surface area (Å²) in [4.78, 5) is 10.2. The Balaban J connectivity index is 2.50. The van der Waals surface area contributed by atoms with Gasteiger partial charge < -0.3 is 10.4 Å². The van der Waals surface area contributed by atoms with Gasteiger partial charge in [0.05, 0.1) is 11.0 Å². The Labute approximate surface area is 101 Å². The number of rotatable bonds is 6. The van der Waals surface area contributed by atoms with Gasteiger partial charge in [0, 0.05) is 23.9 Å². The van der Waals surface area contributed by atoms with Gasteiger partial charge in [-0.25, -0.2) is 0 Å². The van der Waals surface area contributed by atoms with E-state index in [1.807, 2.05) is 0 Å². The first kappa shape index (κ1) is 13.4. The number of aryl methyl sites for hydroxylation is 1. The molecule has 0 saturated carbocycles. The van der Waals surface area contributed by atoms with E-state index in [9.17, 15) is 10.1 Å². The maximum absolute atomic E-state index is 10.6. The summed E-state index contributed by atoms with van der Waals surface area (Å²) in [6.45, 7) is 4.23. The van der Waals surface area contributed by atoms with E-state index in [2.05, 4.69) is 5.32 Å². The van der Waals surface area contributed by atoms with E-state index >= 15 is 0 Å². The summed E-state index contributed by atoms with van der Waals surface area (Å²) in [6, 6.07) is 4.97. The van der Waals surface area contributed by atoms with E-state index in [1.54, 1.807) is 26.0 Å². The molecule has 17 heavy (non-hydrogen) atoms. The van der Waals surface area contributed by atoms with Gasteiger partial charge in [-0.05, 0) is 38.8 Å². The smallest absolute Gasteiger partial charge is 0.272 e. The van der Waals surface area contributed by atoms with Crippen LogP contribution in [0.5, 0.6) is 0 Å². The van der Waals surface area contributed by atoms with Crippen LogP contribution in [-0.4, -0.2) is 22.7 Å². The number of benzene rings is 1. The minimum absolute atomic E-state index is 0.138. The van der Waals surface area contributed by atoms with E-state index < -0.39 is 0 Å². The van der Waals surface area contributed by atoms with Crippen molar-refractivity contribution in [3.63, 3.8) is 0 Å². The van der Waals surface area contributed by atoms with Crippen molar-refractivity contribution in [2.45, 2.75) is 32.8 Å². The molecule has 0 amide bonds. The van der Waals surface area contributed by atoms with Crippen LogP contribution in [0.15, 0.2) is 18.2 Å². The number of nitrogens with one attached hydrogen (secondary N) is 1. The summed E-state index contributed by atoms with van der Waals surface area (Å²) in [5.41, 5.74) is 1.66. The van der Waals surface area contributed by atoms with Crippen LogP contribution in [0.4, 0.5) is 11.4 Å².